The third kappa shape index (κ3) is 2.51. The highest BCUT2D eigenvalue weighted by molar-refractivity contribution is 5.76. The molecule has 0 radical (unpaired) electrons. The summed E-state index contributed by atoms with van der Waals surface area (Å²) in [6.45, 7) is 6.03. The van der Waals surface area contributed by atoms with Gasteiger partial charge in [0.2, 0.25) is 0 Å². The zero-order valence-corrected chi connectivity index (χ0v) is 15.0. The van der Waals surface area contributed by atoms with E-state index < -0.39 is 0 Å². The van der Waals surface area contributed by atoms with E-state index in [0.717, 1.165) is 54.3 Å². The summed E-state index contributed by atoms with van der Waals surface area (Å²) in [7, 11) is 0. The van der Waals surface area contributed by atoms with E-state index in [1.54, 1.807) is 6.33 Å². The van der Waals surface area contributed by atoms with Crippen molar-refractivity contribution in [1.82, 2.24) is 29.5 Å². The Morgan fingerprint density at radius 2 is 2.08 bits per heavy atom. The lowest BCUT2D eigenvalue weighted by atomic mass is 9.97. The molecular formula is C19H21N7. The molecule has 7 nitrogen and oxygen atoms in total. The molecule has 7 heteroatoms. The van der Waals surface area contributed by atoms with Gasteiger partial charge in [0.25, 0.3) is 5.78 Å². The van der Waals surface area contributed by atoms with Crippen molar-refractivity contribution in [2.45, 2.75) is 32.6 Å². The van der Waals surface area contributed by atoms with Crippen molar-refractivity contribution in [3.8, 4) is 0 Å². The summed E-state index contributed by atoms with van der Waals surface area (Å²) >= 11 is 0. The summed E-state index contributed by atoms with van der Waals surface area (Å²) in [5.41, 5.74) is 4.37. The van der Waals surface area contributed by atoms with Crippen LogP contribution in [0.1, 0.15) is 35.8 Å². The largest absolute Gasteiger partial charge is 0.356 e. The van der Waals surface area contributed by atoms with Crippen LogP contribution in [0.5, 0.6) is 0 Å². The Hall–Kier alpha value is -2.96. The van der Waals surface area contributed by atoms with Crippen LogP contribution in [0.15, 0.2) is 30.6 Å². The maximum atomic E-state index is 4.85. The van der Waals surface area contributed by atoms with Crippen molar-refractivity contribution in [2.75, 3.05) is 18.0 Å². The molecule has 0 aliphatic carbocycles. The molecule has 4 aromatic rings. The number of aromatic amines is 1. The molecule has 1 aliphatic rings. The van der Waals surface area contributed by atoms with E-state index in [4.69, 9.17) is 4.98 Å². The fourth-order valence-electron chi connectivity index (χ4n) is 3.88. The summed E-state index contributed by atoms with van der Waals surface area (Å²) in [6.07, 6.45) is 3.83. The summed E-state index contributed by atoms with van der Waals surface area (Å²) in [4.78, 5) is 19.5. The Morgan fingerprint density at radius 1 is 1.15 bits per heavy atom. The number of hydrogen-bond acceptors (Lipinski definition) is 5. The number of nitrogens with zero attached hydrogens (tertiary/aromatic N) is 6. The maximum Gasteiger partial charge on any atom is 0.254 e. The van der Waals surface area contributed by atoms with E-state index in [1.165, 1.54) is 5.56 Å². The van der Waals surface area contributed by atoms with Crippen LogP contribution < -0.4 is 4.90 Å². The van der Waals surface area contributed by atoms with Crippen LogP contribution in [-0.2, 0) is 0 Å². The molecule has 1 aliphatic heterocycles. The van der Waals surface area contributed by atoms with E-state index >= 15 is 0 Å². The number of H-pyrrole nitrogens is 1. The van der Waals surface area contributed by atoms with Gasteiger partial charge in [-0.3, -0.25) is 0 Å². The third-order valence-corrected chi connectivity index (χ3v) is 5.15. The molecule has 1 saturated heterocycles. The minimum absolute atomic E-state index is 0.378. The van der Waals surface area contributed by atoms with Gasteiger partial charge in [-0.2, -0.15) is 14.6 Å². The summed E-state index contributed by atoms with van der Waals surface area (Å²) < 4.78 is 1.83. The lowest BCUT2D eigenvalue weighted by molar-refractivity contribution is 0.489. The van der Waals surface area contributed by atoms with Gasteiger partial charge in [-0.15, -0.1) is 0 Å². The van der Waals surface area contributed by atoms with Gasteiger partial charge in [-0.25, -0.2) is 9.97 Å². The second-order valence-electron chi connectivity index (χ2n) is 7.16. The van der Waals surface area contributed by atoms with Crippen LogP contribution in [0.2, 0.25) is 0 Å². The number of fused-ring (bicyclic) bond motifs is 2. The van der Waals surface area contributed by atoms with Gasteiger partial charge < -0.3 is 9.88 Å². The van der Waals surface area contributed by atoms with E-state index in [9.17, 15) is 0 Å². The number of anilines is 1. The van der Waals surface area contributed by atoms with Crippen LogP contribution in [0.4, 0.5) is 5.82 Å². The van der Waals surface area contributed by atoms with Crippen LogP contribution in [0, 0.1) is 13.8 Å². The first-order valence-electron chi connectivity index (χ1n) is 9.06. The average molecular weight is 347 g/mol. The number of nitrogens with one attached hydrogen (secondary N) is 1. The van der Waals surface area contributed by atoms with Crippen LogP contribution in [0.3, 0.4) is 0 Å². The number of piperidine rings is 1. The second kappa shape index (κ2) is 5.79. The Bertz CT molecular complexity index is 1090. The minimum atomic E-state index is 0.378. The second-order valence-corrected chi connectivity index (χ2v) is 7.16. The lowest BCUT2D eigenvalue weighted by Crippen LogP contribution is -2.36. The number of rotatable bonds is 2. The predicted octanol–water partition coefficient (Wildman–Crippen LogP) is 3.00. The third-order valence-electron chi connectivity index (χ3n) is 5.15. The fraction of sp³-hybridized carbons (Fsp3) is 0.368. The zero-order valence-electron chi connectivity index (χ0n) is 15.0. The molecule has 26 heavy (non-hydrogen) atoms. The smallest absolute Gasteiger partial charge is 0.254 e. The molecular weight excluding hydrogens is 326 g/mol. The molecule has 1 fully saturated rings. The van der Waals surface area contributed by atoms with Gasteiger partial charge in [-0.05, 0) is 44.4 Å². The molecule has 1 atom stereocenters. The molecule has 0 amide bonds. The number of benzene rings is 1. The number of aromatic nitrogens is 6. The highest BCUT2D eigenvalue weighted by Gasteiger charge is 2.26. The number of aryl methyl sites for hydroxylation is 2. The van der Waals surface area contributed by atoms with E-state index in [1.807, 2.05) is 11.4 Å². The Balaban J connectivity index is 1.49. The standard InChI is InChI=1S/C19H21N7/c1-12-5-6-15-16(8-12)24-18(23-15)14-4-3-7-25(10-14)17-9-13(2)22-19-20-11-21-26(17)19/h5-6,8-9,11,14H,3-4,7,10H2,1-2H3,(H,23,24). The fourth-order valence-corrected chi connectivity index (χ4v) is 3.88. The Labute approximate surface area is 151 Å². The topological polar surface area (TPSA) is 75.0 Å². The van der Waals surface area contributed by atoms with Gasteiger partial charge in [0.15, 0.2) is 0 Å². The Morgan fingerprint density at radius 3 is 3.00 bits per heavy atom. The predicted molar refractivity (Wildman–Crippen MR) is 101 cm³/mol. The molecule has 1 unspecified atom stereocenters. The Kier molecular flexibility index (Phi) is 3.41. The molecule has 4 heterocycles. The molecule has 5 rings (SSSR count). The number of imidazole rings is 1. The van der Waals surface area contributed by atoms with E-state index in [2.05, 4.69) is 56.1 Å². The SMILES string of the molecule is Cc1ccc2nc(C3CCCN(c4cc(C)nc5ncnn45)C3)[nH]c2c1. The van der Waals surface area contributed by atoms with Crippen molar-refractivity contribution >= 4 is 22.6 Å². The first kappa shape index (κ1) is 15.3. The van der Waals surface area contributed by atoms with Crippen LogP contribution >= 0.6 is 0 Å². The van der Waals surface area contributed by atoms with Crippen molar-refractivity contribution in [1.29, 1.82) is 0 Å². The quantitative estimate of drug-likeness (QED) is 0.603. The van der Waals surface area contributed by atoms with Crippen LogP contribution in [0.25, 0.3) is 16.8 Å². The van der Waals surface area contributed by atoms with Gasteiger partial charge in [-0.1, -0.05) is 6.07 Å². The summed E-state index contributed by atoms with van der Waals surface area (Å²) in [5, 5.41) is 4.36. The average Bonchev–Trinajstić information content (AvgIpc) is 3.27. The van der Waals surface area contributed by atoms with Crippen molar-refractivity contribution in [3.63, 3.8) is 0 Å². The summed E-state index contributed by atoms with van der Waals surface area (Å²) in [5.74, 6) is 3.17. The minimum Gasteiger partial charge on any atom is -0.356 e. The van der Waals surface area contributed by atoms with Crippen LogP contribution in [-0.4, -0.2) is 42.6 Å². The molecule has 1 N–H and O–H groups in total. The first-order chi connectivity index (χ1) is 12.7. The highest BCUT2D eigenvalue weighted by atomic mass is 15.4. The normalized spacial score (nSPS) is 18.1. The number of hydrogen-bond donors (Lipinski definition) is 1. The lowest BCUT2D eigenvalue weighted by Gasteiger charge is -2.33. The van der Waals surface area contributed by atoms with Crippen molar-refractivity contribution in [3.05, 3.63) is 47.7 Å². The molecule has 3 aromatic heterocycles. The molecule has 132 valence electrons. The van der Waals surface area contributed by atoms with E-state index in [0.29, 0.717) is 11.7 Å². The van der Waals surface area contributed by atoms with Gasteiger partial charge in [0.05, 0.1) is 11.0 Å². The van der Waals surface area contributed by atoms with Crippen molar-refractivity contribution < 1.29 is 0 Å². The van der Waals surface area contributed by atoms with Gasteiger partial charge in [0, 0.05) is 30.8 Å². The highest BCUT2D eigenvalue weighted by Crippen LogP contribution is 2.30. The van der Waals surface area contributed by atoms with Crippen molar-refractivity contribution in [2.24, 2.45) is 0 Å². The monoisotopic (exact) mass is 347 g/mol. The zero-order chi connectivity index (χ0) is 17.7. The summed E-state index contributed by atoms with van der Waals surface area (Å²) in [6, 6.07) is 8.46. The maximum absolute atomic E-state index is 4.85. The molecule has 0 spiro atoms. The van der Waals surface area contributed by atoms with Gasteiger partial charge >= 0.3 is 0 Å². The van der Waals surface area contributed by atoms with Gasteiger partial charge in [0.1, 0.15) is 18.0 Å². The first-order valence-corrected chi connectivity index (χ1v) is 9.06. The molecule has 0 bridgehead atoms. The van der Waals surface area contributed by atoms with E-state index in [-0.39, 0.29) is 0 Å². The molecule has 0 saturated carbocycles. The molecule has 1 aromatic carbocycles.